The number of carbonyl (C=O) groups is 2. The molecule has 1 aromatic heterocycles. The maximum atomic E-state index is 12.8. The molecule has 1 saturated carbocycles. The van der Waals surface area contributed by atoms with Gasteiger partial charge in [0, 0.05) is 6.04 Å². The van der Waals surface area contributed by atoms with Crippen molar-refractivity contribution >= 4 is 22.8 Å². The number of aromatic nitrogens is 2. The minimum absolute atomic E-state index is 0.00830. The highest BCUT2D eigenvalue weighted by molar-refractivity contribution is 6.05. The van der Waals surface area contributed by atoms with Crippen LogP contribution in [0.1, 0.15) is 47.6 Å². The van der Waals surface area contributed by atoms with Gasteiger partial charge in [-0.1, -0.05) is 18.2 Å². The van der Waals surface area contributed by atoms with Crippen molar-refractivity contribution in [3.8, 4) is 5.75 Å². The first kappa shape index (κ1) is 19.9. The molecule has 4 rings (SSSR count). The fraction of sp³-hybridized carbons (Fsp3) is 0.318. The molecule has 156 valence electrons. The van der Waals surface area contributed by atoms with Gasteiger partial charge in [0.05, 0.1) is 17.1 Å². The molecule has 8 heteroatoms. The van der Waals surface area contributed by atoms with Crippen molar-refractivity contribution in [3.05, 3.63) is 59.4 Å². The number of fused-ring (bicyclic) bond motifs is 1. The van der Waals surface area contributed by atoms with Gasteiger partial charge in [-0.25, -0.2) is 4.98 Å². The molecule has 0 spiro atoms. The second-order valence-corrected chi connectivity index (χ2v) is 7.44. The molecular weight excluding hydrogens is 384 g/mol. The minimum Gasteiger partial charge on any atom is -0.484 e. The van der Waals surface area contributed by atoms with E-state index in [0.717, 1.165) is 18.4 Å². The third kappa shape index (κ3) is 4.60. The van der Waals surface area contributed by atoms with Crippen LogP contribution in [0.2, 0.25) is 0 Å². The Hall–Kier alpha value is -3.39. The predicted octanol–water partition coefficient (Wildman–Crippen LogP) is 2.20. The van der Waals surface area contributed by atoms with E-state index >= 15 is 0 Å². The number of hydrogen-bond acceptors (Lipinski definition) is 5. The Balaban J connectivity index is 1.37. The minimum atomic E-state index is -0.249. The Bertz CT molecular complexity index is 1060. The molecule has 1 atom stereocenters. The fourth-order valence-electron chi connectivity index (χ4n) is 3.20. The molecular formula is C22H24N4O4. The van der Waals surface area contributed by atoms with Crippen molar-refractivity contribution in [3.63, 3.8) is 0 Å². The number of amides is 2. The monoisotopic (exact) mass is 408 g/mol. The lowest BCUT2D eigenvalue weighted by molar-refractivity contribution is -0.123. The number of rotatable bonds is 8. The fourth-order valence-corrected chi connectivity index (χ4v) is 3.20. The Kier molecular flexibility index (Phi) is 5.67. The summed E-state index contributed by atoms with van der Waals surface area (Å²) >= 11 is 0. The molecule has 2 aromatic carbocycles. The van der Waals surface area contributed by atoms with E-state index in [1.165, 1.54) is 0 Å². The highest BCUT2D eigenvalue weighted by Gasteiger charge is 2.23. The van der Waals surface area contributed by atoms with Crippen molar-refractivity contribution in [1.82, 2.24) is 20.6 Å². The first-order valence-electron chi connectivity index (χ1n) is 9.95. The van der Waals surface area contributed by atoms with E-state index < -0.39 is 0 Å². The molecule has 1 aliphatic carbocycles. The van der Waals surface area contributed by atoms with Gasteiger partial charge in [-0.2, -0.15) is 0 Å². The van der Waals surface area contributed by atoms with Crippen molar-refractivity contribution < 1.29 is 19.4 Å². The topological polar surface area (TPSA) is 116 Å². The highest BCUT2D eigenvalue weighted by atomic mass is 16.5. The van der Waals surface area contributed by atoms with Crippen LogP contribution in [0.5, 0.6) is 5.75 Å². The number of nitrogens with one attached hydrogen (secondary N) is 3. The summed E-state index contributed by atoms with van der Waals surface area (Å²) in [6, 6.07) is 12.6. The Labute approximate surface area is 173 Å². The molecule has 3 aromatic rings. The quantitative estimate of drug-likeness (QED) is 0.456. The zero-order valence-corrected chi connectivity index (χ0v) is 16.6. The number of aromatic amines is 1. The lowest BCUT2D eigenvalue weighted by atomic mass is 10.1. The summed E-state index contributed by atoms with van der Waals surface area (Å²) < 4.78 is 5.51. The van der Waals surface area contributed by atoms with Crippen LogP contribution in [0, 0.1) is 0 Å². The van der Waals surface area contributed by atoms with Crippen LogP contribution in [0.4, 0.5) is 0 Å². The van der Waals surface area contributed by atoms with E-state index in [9.17, 15) is 14.7 Å². The maximum Gasteiger partial charge on any atom is 0.258 e. The molecule has 8 nitrogen and oxygen atoms in total. The zero-order valence-electron chi connectivity index (χ0n) is 16.6. The van der Waals surface area contributed by atoms with Crippen molar-refractivity contribution in [1.29, 1.82) is 0 Å². The Morgan fingerprint density at radius 2 is 2.00 bits per heavy atom. The third-order valence-corrected chi connectivity index (χ3v) is 5.00. The smallest absolute Gasteiger partial charge is 0.258 e. The van der Waals surface area contributed by atoms with Crippen LogP contribution < -0.4 is 15.4 Å². The van der Waals surface area contributed by atoms with Gasteiger partial charge in [0.2, 0.25) is 0 Å². The molecule has 4 N–H and O–H groups in total. The number of ether oxygens (including phenoxy) is 1. The number of aliphatic hydroxyl groups is 1. The maximum absolute atomic E-state index is 12.8. The van der Waals surface area contributed by atoms with Gasteiger partial charge in [-0.05, 0) is 49.6 Å². The van der Waals surface area contributed by atoms with E-state index in [-0.39, 0.29) is 31.1 Å². The molecule has 1 aliphatic rings. The first-order valence-corrected chi connectivity index (χ1v) is 9.95. The van der Waals surface area contributed by atoms with Crippen LogP contribution in [-0.4, -0.2) is 39.5 Å². The summed E-state index contributed by atoms with van der Waals surface area (Å²) in [6.07, 6.45) is 2.09. The number of carbonyl (C=O) groups excluding carboxylic acids is 2. The Morgan fingerprint density at radius 3 is 2.70 bits per heavy atom. The van der Waals surface area contributed by atoms with Crippen molar-refractivity contribution in [2.45, 2.75) is 38.5 Å². The Morgan fingerprint density at radius 1 is 1.23 bits per heavy atom. The van der Waals surface area contributed by atoms with Gasteiger partial charge < -0.3 is 25.5 Å². The SMILES string of the molecule is CC(NC(=O)c1cccc2[nH]c(CO)nc12)c1ccc(OCC(=O)NC2CC2)cc1. The van der Waals surface area contributed by atoms with E-state index in [1.54, 1.807) is 24.3 Å². The van der Waals surface area contributed by atoms with E-state index in [4.69, 9.17) is 4.74 Å². The van der Waals surface area contributed by atoms with Crippen LogP contribution >= 0.6 is 0 Å². The molecule has 0 bridgehead atoms. The largest absolute Gasteiger partial charge is 0.484 e. The van der Waals surface area contributed by atoms with Gasteiger partial charge in [0.25, 0.3) is 11.8 Å². The second kappa shape index (κ2) is 8.54. The third-order valence-electron chi connectivity index (χ3n) is 5.00. The molecule has 1 unspecified atom stereocenters. The molecule has 2 amide bonds. The van der Waals surface area contributed by atoms with Crippen LogP contribution in [0.3, 0.4) is 0 Å². The lowest BCUT2D eigenvalue weighted by Crippen LogP contribution is -2.30. The molecule has 0 aliphatic heterocycles. The standard InChI is InChI=1S/C22H24N4O4/c1-13(14-5-9-16(10-6-14)30-12-20(28)24-15-7-8-15)23-22(29)17-3-2-4-18-21(17)26-19(11-27)25-18/h2-6,9-10,13,15,27H,7-8,11-12H2,1H3,(H,23,29)(H,24,28)(H,25,26). The molecule has 1 fully saturated rings. The number of para-hydroxylation sites is 1. The number of benzene rings is 2. The number of aliphatic hydroxyl groups excluding tert-OH is 1. The van der Waals surface area contributed by atoms with E-state index in [0.29, 0.717) is 34.2 Å². The summed E-state index contributed by atoms with van der Waals surface area (Å²) in [5.74, 6) is 0.654. The summed E-state index contributed by atoms with van der Waals surface area (Å²) in [5.41, 5.74) is 2.58. The average Bonchev–Trinajstić information content (AvgIpc) is 3.46. The number of nitrogens with zero attached hydrogens (tertiary/aromatic N) is 1. The average molecular weight is 408 g/mol. The second-order valence-electron chi connectivity index (χ2n) is 7.44. The molecule has 0 radical (unpaired) electrons. The molecule has 30 heavy (non-hydrogen) atoms. The van der Waals surface area contributed by atoms with Gasteiger partial charge in [-0.15, -0.1) is 0 Å². The van der Waals surface area contributed by atoms with Gasteiger partial charge in [-0.3, -0.25) is 9.59 Å². The molecule has 1 heterocycles. The summed E-state index contributed by atoms with van der Waals surface area (Å²) in [7, 11) is 0. The van der Waals surface area contributed by atoms with Crippen molar-refractivity contribution in [2.24, 2.45) is 0 Å². The lowest BCUT2D eigenvalue weighted by Gasteiger charge is -2.15. The summed E-state index contributed by atoms with van der Waals surface area (Å²) in [4.78, 5) is 31.8. The van der Waals surface area contributed by atoms with E-state index in [1.807, 2.05) is 25.1 Å². The highest BCUT2D eigenvalue weighted by Crippen LogP contribution is 2.21. The van der Waals surface area contributed by atoms with Crippen LogP contribution in [-0.2, 0) is 11.4 Å². The van der Waals surface area contributed by atoms with Crippen LogP contribution in [0.15, 0.2) is 42.5 Å². The summed E-state index contributed by atoms with van der Waals surface area (Å²) in [6.45, 7) is 1.66. The number of hydrogen-bond donors (Lipinski definition) is 4. The summed E-state index contributed by atoms with van der Waals surface area (Å²) in [5, 5.41) is 15.1. The first-order chi connectivity index (χ1) is 14.5. The number of imidazole rings is 1. The predicted molar refractivity (Wildman–Crippen MR) is 111 cm³/mol. The van der Waals surface area contributed by atoms with Crippen LogP contribution in [0.25, 0.3) is 11.0 Å². The van der Waals surface area contributed by atoms with E-state index in [2.05, 4.69) is 20.6 Å². The van der Waals surface area contributed by atoms with Gasteiger partial charge >= 0.3 is 0 Å². The number of H-pyrrole nitrogens is 1. The van der Waals surface area contributed by atoms with Gasteiger partial charge in [0.1, 0.15) is 23.7 Å². The van der Waals surface area contributed by atoms with Crippen molar-refractivity contribution in [2.75, 3.05) is 6.61 Å². The zero-order chi connectivity index (χ0) is 21.1. The normalized spacial score (nSPS) is 14.3. The van der Waals surface area contributed by atoms with Gasteiger partial charge in [0.15, 0.2) is 6.61 Å². The molecule has 0 saturated heterocycles.